The molecule has 8 rings (SSSR count). The zero-order valence-electron chi connectivity index (χ0n) is 39.4. The summed E-state index contributed by atoms with van der Waals surface area (Å²) < 4.78 is 109. The Morgan fingerprint density at radius 2 is 0.545 bits per heavy atom. The maximum Gasteiger partial charge on any atom is 0.586 e. The average Bonchev–Trinajstić information content (AvgIpc) is 3.73. The first-order chi connectivity index (χ1) is 31.1. The molecule has 0 aliphatic carbocycles. The summed E-state index contributed by atoms with van der Waals surface area (Å²) in [5.41, 5.74) is 7.71. The molecule has 6 aromatic carbocycles. The fourth-order valence-corrected chi connectivity index (χ4v) is 15.5. The number of benzene rings is 6. The minimum Gasteiger partial charge on any atom is -0.496 e. The van der Waals surface area contributed by atoms with Gasteiger partial charge in [-0.2, -0.15) is 0 Å². The molecule has 0 N–H and O–H groups in total. The smallest absolute Gasteiger partial charge is 0.496 e. The molecule has 0 atom stereocenters. The average molecular weight is 943 g/mol. The van der Waals surface area contributed by atoms with E-state index in [1.54, 1.807) is 42.3 Å². The van der Waals surface area contributed by atoms with Crippen LogP contribution in [0.5, 0.6) is 46.0 Å². The predicted octanol–water partition coefficient (Wildman–Crippen LogP) is 10.6. The van der Waals surface area contributed by atoms with Crippen LogP contribution >= 0.6 is 15.8 Å². The van der Waals surface area contributed by atoms with Gasteiger partial charge in [0, 0.05) is 11.1 Å². The highest BCUT2D eigenvalue weighted by atomic mass is 31.1. The Hall–Kier alpha value is -5.70. The maximum absolute atomic E-state index is 15.9. The molecule has 0 saturated carbocycles. The molecule has 8 nitrogen and oxygen atoms in total. The third-order valence-corrected chi connectivity index (χ3v) is 16.8. The van der Waals surface area contributed by atoms with Crippen LogP contribution in [0.1, 0.15) is 55.6 Å². The summed E-state index contributed by atoms with van der Waals surface area (Å²) in [6, 6.07) is 19.8. The van der Waals surface area contributed by atoms with Gasteiger partial charge in [-0.1, -0.05) is 0 Å². The minimum absolute atomic E-state index is 0.111. The molecule has 0 unspecified atom stereocenters. The highest BCUT2D eigenvalue weighted by molar-refractivity contribution is 7.80. The van der Waals surface area contributed by atoms with E-state index in [2.05, 4.69) is 0 Å². The van der Waals surface area contributed by atoms with Crippen molar-refractivity contribution in [2.75, 3.05) is 28.4 Å². The number of fused-ring (bicyclic) bond motifs is 2. The molecule has 0 aromatic heterocycles. The summed E-state index contributed by atoms with van der Waals surface area (Å²) in [5, 5.41) is 4.42. The molecule has 0 radical (unpaired) electrons. The van der Waals surface area contributed by atoms with Crippen LogP contribution in [0, 0.1) is 69.2 Å². The van der Waals surface area contributed by atoms with E-state index in [1.807, 2.05) is 116 Å². The van der Waals surface area contributed by atoms with Gasteiger partial charge in [-0.3, -0.25) is 0 Å². The lowest BCUT2D eigenvalue weighted by Gasteiger charge is -2.30. The van der Waals surface area contributed by atoms with Crippen LogP contribution in [0.2, 0.25) is 0 Å². The van der Waals surface area contributed by atoms with Gasteiger partial charge in [-0.25, -0.2) is 0 Å². The lowest BCUT2D eigenvalue weighted by Crippen LogP contribution is -2.29. The molecule has 0 spiro atoms. The Morgan fingerprint density at radius 1 is 0.333 bits per heavy atom. The van der Waals surface area contributed by atoms with Crippen LogP contribution in [-0.4, -0.2) is 41.0 Å². The first-order valence-corrected chi connectivity index (χ1v) is 23.9. The summed E-state index contributed by atoms with van der Waals surface area (Å²) >= 11 is 0. The summed E-state index contributed by atoms with van der Waals surface area (Å²) in [6.45, 7) is 18.9. The van der Waals surface area contributed by atoms with E-state index in [1.165, 1.54) is 0 Å². The van der Waals surface area contributed by atoms with E-state index in [4.69, 9.17) is 37.9 Å². The van der Waals surface area contributed by atoms with Gasteiger partial charge in [0.05, 0.1) is 28.4 Å². The highest BCUT2D eigenvalue weighted by Crippen LogP contribution is 2.59. The summed E-state index contributed by atoms with van der Waals surface area (Å²) in [5.74, 6) is 1.73. The first-order valence-electron chi connectivity index (χ1n) is 21.2. The molecule has 2 aliphatic rings. The van der Waals surface area contributed by atoms with Gasteiger partial charge < -0.3 is 37.9 Å². The van der Waals surface area contributed by atoms with E-state index < -0.39 is 28.4 Å². The molecule has 2 aliphatic heterocycles. The molecular weight excluding hydrogens is 891 g/mol. The number of halogens is 4. The predicted molar refractivity (Wildman–Crippen MR) is 255 cm³/mol. The topological polar surface area (TPSA) is 73.8 Å². The summed E-state index contributed by atoms with van der Waals surface area (Å²) in [6.07, 6.45) is -8.20. The molecule has 0 bridgehead atoms. The van der Waals surface area contributed by atoms with Crippen LogP contribution in [-0.2, 0) is 0 Å². The SMILES string of the molecule is COc1c(C)cc(P(c2cc(C)c(OC)c(C)c2)c2cc(C)c3c(c2-c2c(P(c4cc(C)c(OC)c(C)c4)c4cc(C)c(OC)c(C)c4)cc(C)c4c2OC(F)(F)O4)OC(F)(F)O3)cc1C. The maximum atomic E-state index is 15.9. The summed E-state index contributed by atoms with van der Waals surface area (Å²) in [4.78, 5) is 0. The Labute approximate surface area is 385 Å². The normalized spacial score (nSPS) is 14.3. The van der Waals surface area contributed by atoms with E-state index in [9.17, 15) is 0 Å². The first kappa shape index (κ1) is 46.8. The van der Waals surface area contributed by atoms with Crippen molar-refractivity contribution >= 4 is 47.7 Å². The number of alkyl halides is 4. The zero-order chi connectivity index (χ0) is 47.9. The Morgan fingerprint density at radius 3 is 0.758 bits per heavy atom. The van der Waals surface area contributed by atoms with Crippen LogP contribution < -0.4 is 69.7 Å². The van der Waals surface area contributed by atoms with Crippen molar-refractivity contribution in [2.45, 2.75) is 81.8 Å². The van der Waals surface area contributed by atoms with Crippen molar-refractivity contribution in [2.24, 2.45) is 0 Å². The van der Waals surface area contributed by atoms with Gasteiger partial charge in [-0.05, 0) is 233 Å². The lowest BCUT2D eigenvalue weighted by molar-refractivity contribution is -0.288. The molecule has 0 amide bonds. The van der Waals surface area contributed by atoms with Crippen molar-refractivity contribution in [3.8, 4) is 57.1 Å². The quantitative estimate of drug-likeness (QED) is 0.0940. The van der Waals surface area contributed by atoms with Crippen LogP contribution in [0.25, 0.3) is 11.1 Å². The fraction of sp³-hybridized carbons (Fsp3) is 0.308. The number of hydrogen-bond donors (Lipinski definition) is 0. The van der Waals surface area contributed by atoms with Gasteiger partial charge >= 0.3 is 12.6 Å². The number of methoxy groups -OCH3 is 4. The second-order valence-corrected chi connectivity index (χ2v) is 21.3. The number of rotatable bonds is 11. The Balaban J connectivity index is 1.59. The van der Waals surface area contributed by atoms with Gasteiger partial charge in [0.1, 0.15) is 23.0 Å². The van der Waals surface area contributed by atoms with Crippen molar-refractivity contribution in [3.05, 3.63) is 116 Å². The molecule has 346 valence electrons. The van der Waals surface area contributed by atoms with Crippen LogP contribution in [0.3, 0.4) is 0 Å². The van der Waals surface area contributed by atoms with E-state index in [-0.39, 0.29) is 34.1 Å². The molecule has 0 fully saturated rings. The largest absolute Gasteiger partial charge is 0.586 e. The lowest BCUT2D eigenvalue weighted by atomic mass is 9.98. The fourth-order valence-electron chi connectivity index (χ4n) is 9.67. The zero-order valence-corrected chi connectivity index (χ0v) is 41.2. The highest BCUT2D eigenvalue weighted by Gasteiger charge is 2.51. The van der Waals surface area contributed by atoms with E-state index >= 15 is 17.6 Å². The molecule has 0 saturated heterocycles. The molecule has 6 aromatic rings. The van der Waals surface area contributed by atoms with E-state index in [0.717, 1.165) is 65.7 Å². The van der Waals surface area contributed by atoms with Gasteiger partial charge in [0.2, 0.25) is 0 Å². The van der Waals surface area contributed by atoms with Gasteiger partial charge in [-0.15, -0.1) is 17.6 Å². The van der Waals surface area contributed by atoms with Gasteiger partial charge in [0.25, 0.3) is 0 Å². The molecule has 66 heavy (non-hydrogen) atoms. The Kier molecular flexibility index (Phi) is 12.2. The molecule has 2 heterocycles. The number of hydrogen-bond acceptors (Lipinski definition) is 8. The van der Waals surface area contributed by atoms with Crippen molar-refractivity contribution in [1.29, 1.82) is 0 Å². The van der Waals surface area contributed by atoms with Crippen LogP contribution in [0.4, 0.5) is 17.6 Å². The van der Waals surface area contributed by atoms with Crippen molar-refractivity contribution < 1.29 is 55.5 Å². The monoisotopic (exact) mass is 942 g/mol. The third kappa shape index (κ3) is 8.04. The third-order valence-electron chi connectivity index (χ3n) is 12.0. The summed E-state index contributed by atoms with van der Waals surface area (Å²) in [7, 11) is 2.93. The Bertz CT molecular complexity index is 2560. The molecule has 14 heteroatoms. The van der Waals surface area contributed by atoms with Gasteiger partial charge in [0.15, 0.2) is 23.0 Å². The number of ether oxygens (including phenoxy) is 8. The molecular formula is C52H52F4O8P2. The second kappa shape index (κ2) is 17.2. The standard InChI is InChI=1S/C52H52F4O8P2/c1-25-15-35(16-26(2)43(25)57-11)65(36-17-27(3)44(58-12)28(4)18-36)39-23-33(9)47-49(63-51(53,54)61-47)41(39)42-40(24-34(10)48-50(42)64-52(55,56)62-48)66(37-19-29(5)45(59-13)30(6)20-37)38-21-31(7)46(60-14)32(8)22-38/h15-24H,1-14H3. The second-order valence-electron chi connectivity index (χ2n) is 16.9. The van der Waals surface area contributed by atoms with Crippen molar-refractivity contribution in [1.82, 2.24) is 0 Å². The van der Waals surface area contributed by atoms with Crippen molar-refractivity contribution in [3.63, 3.8) is 0 Å². The van der Waals surface area contributed by atoms with E-state index in [0.29, 0.717) is 44.7 Å². The van der Waals surface area contributed by atoms with Crippen LogP contribution in [0.15, 0.2) is 60.7 Å². The minimum atomic E-state index is -4.10. The number of aryl methyl sites for hydroxylation is 10.